The van der Waals surface area contributed by atoms with Gasteiger partial charge in [0.05, 0.1) is 16.6 Å². The zero-order valence-electron chi connectivity index (χ0n) is 17.0. The molecule has 0 aliphatic carbocycles. The molecule has 166 valence electrons. The molecule has 9 nitrogen and oxygen atoms in total. The Balaban J connectivity index is 1.63. The number of nitriles is 1. The number of hydrogen-bond donors (Lipinski definition) is 0. The van der Waals surface area contributed by atoms with Gasteiger partial charge in [-0.15, -0.1) is 0 Å². The second kappa shape index (κ2) is 10.7. The Morgan fingerprint density at radius 2 is 1.76 bits per heavy atom. The van der Waals surface area contributed by atoms with Crippen LogP contribution in [0.2, 0.25) is 5.02 Å². The molecule has 3 aromatic rings. The molecule has 0 N–H and O–H groups in total. The number of rotatable bonds is 8. The lowest BCUT2D eigenvalue weighted by Crippen LogP contribution is -2.35. The minimum atomic E-state index is -0.752. The van der Waals surface area contributed by atoms with Crippen molar-refractivity contribution in [2.45, 2.75) is 0 Å². The van der Waals surface area contributed by atoms with E-state index in [1.807, 2.05) is 6.07 Å². The van der Waals surface area contributed by atoms with Crippen LogP contribution in [-0.2, 0) is 9.53 Å². The lowest BCUT2D eigenvalue weighted by Gasteiger charge is -2.19. The number of hydrogen-bond acceptors (Lipinski definition) is 7. The average molecular weight is 466 g/mol. The number of amides is 1. The van der Waals surface area contributed by atoms with Crippen LogP contribution in [0.4, 0.5) is 11.4 Å². The monoisotopic (exact) mass is 465 g/mol. The van der Waals surface area contributed by atoms with Crippen molar-refractivity contribution in [2.75, 3.05) is 18.1 Å². The van der Waals surface area contributed by atoms with Gasteiger partial charge in [-0.25, -0.2) is 4.79 Å². The number of benzene rings is 3. The van der Waals surface area contributed by atoms with Gasteiger partial charge in [0.15, 0.2) is 6.61 Å². The molecule has 1 amide bonds. The molecule has 0 saturated carbocycles. The van der Waals surface area contributed by atoms with Gasteiger partial charge in [-0.2, -0.15) is 5.26 Å². The van der Waals surface area contributed by atoms with E-state index in [1.165, 1.54) is 47.4 Å². The van der Waals surface area contributed by atoms with Gasteiger partial charge in [-0.05, 0) is 48.5 Å². The normalized spacial score (nSPS) is 10.1. The van der Waals surface area contributed by atoms with Crippen molar-refractivity contribution in [3.05, 3.63) is 93.5 Å². The maximum Gasteiger partial charge on any atom is 0.338 e. The van der Waals surface area contributed by atoms with Crippen LogP contribution in [0.3, 0.4) is 0 Å². The van der Waals surface area contributed by atoms with Gasteiger partial charge >= 0.3 is 11.7 Å². The number of para-hydroxylation sites is 1. The molecule has 0 spiro atoms. The molecule has 33 heavy (non-hydrogen) atoms. The van der Waals surface area contributed by atoms with Crippen molar-refractivity contribution in [2.24, 2.45) is 0 Å². The van der Waals surface area contributed by atoms with Crippen molar-refractivity contribution >= 4 is 34.9 Å². The highest BCUT2D eigenvalue weighted by atomic mass is 35.5. The SMILES string of the molecule is N#CCN(C(=O)COC(=O)c1ccc(Oc2ccc(Cl)cc2[N+](=O)[O-])cc1)c1ccccc1. The van der Waals surface area contributed by atoms with Gasteiger partial charge in [0.1, 0.15) is 12.3 Å². The van der Waals surface area contributed by atoms with E-state index in [9.17, 15) is 19.7 Å². The predicted octanol–water partition coefficient (Wildman–Crippen LogP) is 4.75. The first-order valence-corrected chi connectivity index (χ1v) is 9.88. The van der Waals surface area contributed by atoms with Crippen LogP contribution in [0.1, 0.15) is 10.4 Å². The van der Waals surface area contributed by atoms with Gasteiger partial charge in [-0.3, -0.25) is 19.8 Å². The van der Waals surface area contributed by atoms with Gasteiger partial charge in [0, 0.05) is 16.8 Å². The highest BCUT2D eigenvalue weighted by molar-refractivity contribution is 6.30. The summed E-state index contributed by atoms with van der Waals surface area (Å²) in [5.74, 6) is -1.07. The Bertz CT molecular complexity index is 1210. The Hall–Kier alpha value is -4.42. The molecule has 0 fully saturated rings. The molecule has 3 rings (SSSR count). The number of ether oxygens (including phenoxy) is 2. The molecular weight excluding hydrogens is 450 g/mol. The largest absolute Gasteiger partial charge is 0.452 e. The van der Waals surface area contributed by atoms with E-state index >= 15 is 0 Å². The summed E-state index contributed by atoms with van der Waals surface area (Å²) >= 11 is 5.79. The Morgan fingerprint density at radius 3 is 2.39 bits per heavy atom. The van der Waals surface area contributed by atoms with E-state index in [2.05, 4.69) is 0 Å². The zero-order chi connectivity index (χ0) is 23.8. The summed E-state index contributed by atoms with van der Waals surface area (Å²) in [5, 5.41) is 20.4. The molecule has 0 saturated heterocycles. The van der Waals surface area contributed by atoms with E-state index in [-0.39, 0.29) is 34.3 Å². The number of carbonyl (C=O) groups excluding carboxylic acids is 2. The topological polar surface area (TPSA) is 123 Å². The maximum absolute atomic E-state index is 12.5. The van der Waals surface area contributed by atoms with Gasteiger partial charge < -0.3 is 9.47 Å². The van der Waals surface area contributed by atoms with Crippen LogP contribution in [0.5, 0.6) is 11.5 Å². The van der Waals surface area contributed by atoms with Gasteiger partial charge in [-0.1, -0.05) is 29.8 Å². The van der Waals surface area contributed by atoms with Crippen LogP contribution in [0.25, 0.3) is 0 Å². The fourth-order valence-corrected chi connectivity index (χ4v) is 2.96. The molecule has 0 bridgehead atoms. The van der Waals surface area contributed by atoms with Gasteiger partial charge in [0.25, 0.3) is 5.91 Å². The van der Waals surface area contributed by atoms with E-state index in [4.69, 9.17) is 26.3 Å². The summed E-state index contributed by atoms with van der Waals surface area (Å²) in [4.78, 5) is 36.5. The summed E-state index contributed by atoms with van der Waals surface area (Å²) in [6.07, 6.45) is 0. The van der Waals surface area contributed by atoms with Crippen LogP contribution < -0.4 is 9.64 Å². The van der Waals surface area contributed by atoms with E-state index in [0.29, 0.717) is 5.69 Å². The Labute approximate surface area is 193 Å². The zero-order valence-corrected chi connectivity index (χ0v) is 17.8. The van der Waals surface area contributed by atoms with Crippen molar-refractivity contribution in [3.8, 4) is 17.6 Å². The second-order valence-corrected chi connectivity index (χ2v) is 6.98. The molecule has 0 aliphatic rings. The first-order valence-electron chi connectivity index (χ1n) is 9.50. The molecule has 0 unspecified atom stereocenters. The third-order valence-electron chi connectivity index (χ3n) is 4.36. The van der Waals surface area contributed by atoms with Crippen LogP contribution >= 0.6 is 11.6 Å². The van der Waals surface area contributed by atoms with Crippen LogP contribution in [-0.4, -0.2) is 30.0 Å². The Morgan fingerprint density at radius 1 is 1.06 bits per heavy atom. The number of carbonyl (C=O) groups is 2. The number of anilines is 1. The third kappa shape index (κ3) is 6.06. The number of nitrogens with zero attached hydrogens (tertiary/aromatic N) is 3. The molecular formula is C23H16ClN3O6. The summed E-state index contributed by atoms with van der Waals surface area (Å²) < 4.78 is 10.6. The first-order chi connectivity index (χ1) is 15.9. The number of halogens is 1. The first kappa shape index (κ1) is 23.2. The molecule has 0 aliphatic heterocycles. The lowest BCUT2D eigenvalue weighted by molar-refractivity contribution is -0.385. The smallest absolute Gasteiger partial charge is 0.338 e. The summed E-state index contributed by atoms with van der Waals surface area (Å²) in [6.45, 7) is -0.742. The highest BCUT2D eigenvalue weighted by Gasteiger charge is 2.19. The molecule has 0 atom stereocenters. The number of nitro benzene ring substituents is 1. The summed E-state index contributed by atoms with van der Waals surface area (Å²) in [6, 6.07) is 20.1. The molecule has 3 aromatic carbocycles. The van der Waals surface area contributed by atoms with E-state index < -0.39 is 23.4 Å². The van der Waals surface area contributed by atoms with E-state index in [1.54, 1.807) is 30.3 Å². The fraction of sp³-hybridized carbons (Fsp3) is 0.0870. The highest BCUT2D eigenvalue weighted by Crippen LogP contribution is 2.33. The molecule has 0 aromatic heterocycles. The van der Waals surface area contributed by atoms with Gasteiger partial charge in [0.2, 0.25) is 5.75 Å². The van der Waals surface area contributed by atoms with Crippen LogP contribution in [0, 0.1) is 21.4 Å². The second-order valence-electron chi connectivity index (χ2n) is 6.55. The Kier molecular flexibility index (Phi) is 7.57. The van der Waals surface area contributed by atoms with Crippen molar-refractivity contribution in [3.63, 3.8) is 0 Å². The quantitative estimate of drug-likeness (QED) is 0.203. The van der Waals surface area contributed by atoms with E-state index in [0.717, 1.165) is 0 Å². The minimum absolute atomic E-state index is 0.0104. The van der Waals surface area contributed by atoms with Crippen molar-refractivity contribution < 1.29 is 24.0 Å². The van der Waals surface area contributed by atoms with Crippen LogP contribution in [0.15, 0.2) is 72.8 Å². The number of esters is 1. The average Bonchev–Trinajstić information content (AvgIpc) is 2.82. The molecule has 10 heteroatoms. The third-order valence-corrected chi connectivity index (χ3v) is 4.60. The summed E-state index contributed by atoms with van der Waals surface area (Å²) in [7, 11) is 0. The minimum Gasteiger partial charge on any atom is -0.452 e. The lowest BCUT2D eigenvalue weighted by atomic mass is 10.2. The summed E-state index contributed by atoms with van der Waals surface area (Å²) in [5.41, 5.74) is 0.357. The predicted molar refractivity (Wildman–Crippen MR) is 119 cm³/mol. The maximum atomic E-state index is 12.5. The van der Waals surface area contributed by atoms with Crippen molar-refractivity contribution in [1.29, 1.82) is 5.26 Å². The standard InChI is InChI=1S/C23H16ClN3O6/c24-17-8-11-21(20(14-17)27(30)31)33-19-9-6-16(7-10-19)23(29)32-15-22(28)26(13-12-25)18-4-2-1-3-5-18/h1-11,14H,13,15H2. The van der Waals surface area contributed by atoms with Crippen molar-refractivity contribution in [1.82, 2.24) is 0 Å². The fourth-order valence-electron chi connectivity index (χ4n) is 2.80. The number of nitro groups is 1. The molecule has 0 radical (unpaired) electrons. The molecule has 0 heterocycles.